The van der Waals surface area contributed by atoms with Gasteiger partial charge in [0.05, 0.1) is 18.5 Å². The number of aryl methyl sites for hydroxylation is 1. The SMILES string of the molecule is Cc1ccccc1CSCC(=O)Nc1ccnn1Cc1cccs1. The number of rotatable bonds is 7. The van der Waals surface area contributed by atoms with Gasteiger partial charge in [-0.1, -0.05) is 30.3 Å². The average molecular weight is 358 g/mol. The number of anilines is 1. The molecule has 0 saturated carbocycles. The lowest BCUT2D eigenvalue weighted by molar-refractivity contribution is -0.113. The van der Waals surface area contributed by atoms with Gasteiger partial charge in [-0.05, 0) is 29.5 Å². The van der Waals surface area contributed by atoms with Crippen molar-refractivity contribution >= 4 is 34.8 Å². The number of benzene rings is 1. The second-order valence-electron chi connectivity index (χ2n) is 5.42. The molecule has 0 saturated heterocycles. The van der Waals surface area contributed by atoms with E-state index in [1.807, 2.05) is 34.3 Å². The number of hydrogen-bond acceptors (Lipinski definition) is 4. The number of hydrogen-bond donors (Lipinski definition) is 1. The summed E-state index contributed by atoms with van der Waals surface area (Å²) < 4.78 is 1.82. The Kier molecular flexibility index (Phi) is 5.72. The highest BCUT2D eigenvalue weighted by molar-refractivity contribution is 7.99. The van der Waals surface area contributed by atoms with Crippen LogP contribution in [-0.4, -0.2) is 21.4 Å². The van der Waals surface area contributed by atoms with E-state index in [0.29, 0.717) is 12.3 Å². The van der Waals surface area contributed by atoms with Crippen LogP contribution in [0.15, 0.2) is 54.0 Å². The van der Waals surface area contributed by atoms with Crippen molar-refractivity contribution in [2.75, 3.05) is 11.1 Å². The van der Waals surface area contributed by atoms with Gasteiger partial charge >= 0.3 is 0 Å². The van der Waals surface area contributed by atoms with E-state index in [1.165, 1.54) is 16.0 Å². The zero-order chi connectivity index (χ0) is 16.8. The Balaban J connectivity index is 1.50. The summed E-state index contributed by atoms with van der Waals surface area (Å²) in [5.41, 5.74) is 2.54. The van der Waals surface area contributed by atoms with Crippen LogP contribution in [0.1, 0.15) is 16.0 Å². The van der Waals surface area contributed by atoms with Crippen molar-refractivity contribution in [1.29, 1.82) is 0 Å². The molecule has 0 bridgehead atoms. The van der Waals surface area contributed by atoms with Gasteiger partial charge < -0.3 is 5.32 Å². The molecule has 3 aromatic rings. The maximum Gasteiger partial charge on any atom is 0.235 e. The van der Waals surface area contributed by atoms with Gasteiger partial charge in [-0.15, -0.1) is 23.1 Å². The van der Waals surface area contributed by atoms with Gasteiger partial charge in [-0.3, -0.25) is 4.79 Å². The van der Waals surface area contributed by atoms with Crippen molar-refractivity contribution in [3.05, 3.63) is 70.0 Å². The maximum absolute atomic E-state index is 12.2. The Bertz CT molecular complexity index is 796. The molecule has 0 spiro atoms. The van der Waals surface area contributed by atoms with Crippen LogP contribution >= 0.6 is 23.1 Å². The number of thioether (sulfide) groups is 1. The lowest BCUT2D eigenvalue weighted by Crippen LogP contribution is -2.17. The fourth-order valence-corrected chi connectivity index (χ4v) is 3.91. The molecule has 124 valence electrons. The van der Waals surface area contributed by atoms with Crippen LogP contribution in [0.4, 0.5) is 5.82 Å². The second-order valence-corrected chi connectivity index (χ2v) is 7.44. The molecule has 0 radical (unpaired) electrons. The number of carbonyl (C=O) groups is 1. The van der Waals surface area contributed by atoms with Gasteiger partial charge in [-0.2, -0.15) is 5.10 Å². The Morgan fingerprint density at radius 3 is 2.92 bits per heavy atom. The molecule has 0 aliphatic heterocycles. The van der Waals surface area contributed by atoms with Gasteiger partial charge in [0.2, 0.25) is 5.91 Å². The van der Waals surface area contributed by atoms with Crippen LogP contribution < -0.4 is 5.32 Å². The fourth-order valence-electron chi connectivity index (χ4n) is 2.32. The molecule has 0 aliphatic carbocycles. The van der Waals surface area contributed by atoms with E-state index in [2.05, 4.69) is 35.5 Å². The minimum atomic E-state index is 0.00140. The van der Waals surface area contributed by atoms with Gasteiger partial charge in [-0.25, -0.2) is 4.68 Å². The van der Waals surface area contributed by atoms with Crippen LogP contribution in [0.2, 0.25) is 0 Å². The van der Waals surface area contributed by atoms with E-state index in [9.17, 15) is 4.79 Å². The van der Waals surface area contributed by atoms with E-state index >= 15 is 0 Å². The maximum atomic E-state index is 12.2. The molecule has 4 nitrogen and oxygen atoms in total. The van der Waals surface area contributed by atoms with E-state index in [1.54, 1.807) is 29.3 Å². The van der Waals surface area contributed by atoms with Crippen LogP contribution in [0, 0.1) is 6.92 Å². The molecule has 1 N–H and O–H groups in total. The predicted octanol–water partition coefficient (Wildman–Crippen LogP) is 4.17. The highest BCUT2D eigenvalue weighted by Crippen LogP contribution is 2.17. The molecule has 24 heavy (non-hydrogen) atoms. The molecule has 1 aromatic carbocycles. The summed E-state index contributed by atoms with van der Waals surface area (Å²) in [6.07, 6.45) is 1.71. The highest BCUT2D eigenvalue weighted by atomic mass is 32.2. The first kappa shape index (κ1) is 16.8. The quantitative estimate of drug-likeness (QED) is 0.690. The first-order valence-corrected chi connectivity index (χ1v) is 9.72. The van der Waals surface area contributed by atoms with Crippen molar-refractivity contribution in [3.63, 3.8) is 0 Å². The van der Waals surface area contributed by atoms with Crippen LogP contribution in [-0.2, 0) is 17.1 Å². The van der Waals surface area contributed by atoms with Gasteiger partial charge in [0.15, 0.2) is 0 Å². The fraction of sp³-hybridized carbons (Fsp3) is 0.222. The molecule has 1 amide bonds. The highest BCUT2D eigenvalue weighted by Gasteiger charge is 2.09. The van der Waals surface area contributed by atoms with Crippen LogP contribution in [0.5, 0.6) is 0 Å². The Morgan fingerprint density at radius 2 is 2.12 bits per heavy atom. The van der Waals surface area contributed by atoms with Gasteiger partial charge in [0.1, 0.15) is 5.82 Å². The van der Waals surface area contributed by atoms with E-state index in [0.717, 1.165) is 11.6 Å². The Morgan fingerprint density at radius 1 is 1.25 bits per heavy atom. The molecule has 0 fully saturated rings. The predicted molar refractivity (Wildman–Crippen MR) is 102 cm³/mol. The first-order chi connectivity index (χ1) is 11.7. The van der Waals surface area contributed by atoms with Gasteiger partial charge in [0.25, 0.3) is 0 Å². The van der Waals surface area contributed by atoms with Crippen molar-refractivity contribution in [2.45, 2.75) is 19.2 Å². The molecule has 2 heterocycles. The van der Waals surface area contributed by atoms with Crippen LogP contribution in [0.3, 0.4) is 0 Å². The number of nitrogens with one attached hydrogen (secondary N) is 1. The molecular formula is C18H19N3OS2. The van der Waals surface area contributed by atoms with E-state index in [4.69, 9.17) is 0 Å². The monoisotopic (exact) mass is 357 g/mol. The summed E-state index contributed by atoms with van der Waals surface area (Å²) in [4.78, 5) is 13.4. The molecule has 0 unspecified atom stereocenters. The molecular weight excluding hydrogens is 338 g/mol. The van der Waals surface area contributed by atoms with Crippen LogP contribution in [0.25, 0.3) is 0 Å². The van der Waals surface area contributed by atoms with Crippen molar-refractivity contribution in [3.8, 4) is 0 Å². The third kappa shape index (κ3) is 4.49. The summed E-state index contributed by atoms with van der Waals surface area (Å²) in [6, 6.07) is 14.2. The minimum Gasteiger partial charge on any atom is -0.310 e. The number of thiophene rings is 1. The lowest BCUT2D eigenvalue weighted by atomic mass is 10.1. The summed E-state index contributed by atoms with van der Waals surface area (Å²) in [5, 5.41) is 9.28. The summed E-state index contributed by atoms with van der Waals surface area (Å²) in [5.74, 6) is 2.01. The number of carbonyl (C=O) groups excluding carboxylic acids is 1. The standard InChI is InChI=1S/C18H19N3OS2/c1-14-5-2-3-6-15(14)12-23-13-18(22)20-17-8-9-19-21(17)11-16-7-4-10-24-16/h2-10H,11-13H2,1H3,(H,20,22). The third-order valence-electron chi connectivity index (χ3n) is 3.62. The van der Waals surface area contributed by atoms with E-state index < -0.39 is 0 Å². The number of amides is 1. The normalized spacial score (nSPS) is 10.7. The zero-order valence-corrected chi connectivity index (χ0v) is 15.1. The Labute approximate surface area is 149 Å². The number of aromatic nitrogens is 2. The minimum absolute atomic E-state index is 0.00140. The number of nitrogens with zero attached hydrogens (tertiary/aromatic N) is 2. The topological polar surface area (TPSA) is 46.9 Å². The van der Waals surface area contributed by atoms with E-state index in [-0.39, 0.29) is 5.91 Å². The third-order valence-corrected chi connectivity index (χ3v) is 5.46. The van der Waals surface area contributed by atoms with Crippen molar-refractivity contribution < 1.29 is 4.79 Å². The van der Waals surface area contributed by atoms with Crippen molar-refractivity contribution in [2.24, 2.45) is 0 Å². The average Bonchev–Trinajstić information content (AvgIpc) is 3.22. The molecule has 2 aromatic heterocycles. The summed E-state index contributed by atoms with van der Waals surface area (Å²) in [7, 11) is 0. The summed E-state index contributed by atoms with van der Waals surface area (Å²) in [6.45, 7) is 2.77. The summed E-state index contributed by atoms with van der Waals surface area (Å²) >= 11 is 3.31. The Hall–Kier alpha value is -2.05. The lowest BCUT2D eigenvalue weighted by Gasteiger charge is -2.09. The van der Waals surface area contributed by atoms with Gasteiger partial charge in [0, 0.05) is 16.7 Å². The molecule has 0 atom stereocenters. The molecule has 6 heteroatoms. The first-order valence-electron chi connectivity index (χ1n) is 7.68. The second kappa shape index (κ2) is 8.17. The zero-order valence-electron chi connectivity index (χ0n) is 13.4. The molecule has 3 rings (SSSR count). The van der Waals surface area contributed by atoms with Crippen molar-refractivity contribution in [1.82, 2.24) is 9.78 Å². The molecule has 0 aliphatic rings. The largest absolute Gasteiger partial charge is 0.310 e. The smallest absolute Gasteiger partial charge is 0.235 e.